The van der Waals surface area contributed by atoms with Gasteiger partial charge in [-0.25, -0.2) is 0 Å². The second-order valence-corrected chi connectivity index (χ2v) is 6.25. The van der Waals surface area contributed by atoms with Crippen molar-refractivity contribution in [3.05, 3.63) is 96.1 Å². The number of hydrogen-bond donors (Lipinski definition) is 2. The number of carbonyl (C=O) groups excluding carboxylic acids is 1. The highest BCUT2D eigenvalue weighted by Gasteiger charge is 2.04. The largest absolute Gasteiger partial charge is 0.493 e. The van der Waals surface area contributed by atoms with Gasteiger partial charge in [0, 0.05) is 24.7 Å². The SMILES string of the molecule is O=C(CNCc1ccccc1)Nc1cccc(OCCc2ccccc2)c1. The van der Waals surface area contributed by atoms with E-state index in [2.05, 4.69) is 22.8 Å². The van der Waals surface area contributed by atoms with Crippen LogP contribution in [0.25, 0.3) is 0 Å². The van der Waals surface area contributed by atoms with Crippen LogP contribution in [0.4, 0.5) is 5.69 Å². The highest BCUT2D eigenvalue weighted by molar-refractivity contribution is 5.92. The molecule has 138 valence electrons. The highest BCUT2D eigenvalue weighted by Crippen LogP contribution is 2.17. The van der Waals surface area contributed by atoms with E-state index in [0.717, 1.165) is 23.4 Å². The van der Waals surface area contributed by atoms with Gasteiger partial charge in [-0.05, 0) is 23.3 Å². The smallest absolute Gasteiger partial charge is 0.238 e. The van der Waals surface area contributed by atoms with Crippen molar-refractivity contribution in [3.8, 4) is 5.75 Å². The molecule has 0 atom stereocenters. The molecule has 4 heteroatoms. The minimum Gasteiger partial charge on any atom is -0.493 e. The lowest BCUT2D eigenvalue weighted by atomic mass is 10.2. The zero-order valence-corrected chi connectivity index (χ0v) is 15.2. The van der Waals surface area contributed by atoms with Crippen LogP contribution in [0.1, 0.15) is 11.1 Å². The summed E-state index contributed by atoms with van der Waals surface area (Å²) in [4.78, 5) is 12.1. The predicted octanol–water partition coefficient (Wildman–Crippen LogP) is 4.04. The summed E-state index contributed by atoms with van der Waals surface area (Å²) in [5.74, 6) is 0.674. The van der Waals surface area contributed by atoms with E-state index < -0.39 is 0 Å². The van der Waals surface area contributed by atoms with E-state index >= 15 is 0 Å². The van der Waals surface area contributed by atoms with E-state index in [0.29, 0.717) is 13.2 Å². The summed E-state index contributed by atoms with van der Waals surface area (Å²) in [5, 5.41) is 6.04. The highest BCUT2D eigenvalue weighted by atomic mass is 16.5. The lowest BCUT2D eigenvalue weighted by Crippen LogP contribution is -2.27. The van der Waals surface area contributed by atoms with Crippen LogP contribution in [0, 0.1) is 0 Å². The van der Waals surface area contributed by atoms with Crippen LogP contribution in [0.15, 0.2) is 84.9 Å². The average Bonchev–Trinajstić information content (AvgIpc) is 2.70. The van der Waals surface area contributed by atoms with Gasteiger partial charge in [-0.1, -0.05) is 66.7 Å². The van der Waals surface area contributed by atoms with Crippen molar-refractivity contribution < 1.29 is 9.53 Å². The van der Waals surface area contributed by atoms with Gasteiger partial charge in [-0.3, -0.25) is 4.79 Å². The third-order valence-corrected chi connectivity index (χ3v) is 4.08. The van der Waals surface area contributed by atoms with Crippen LogP contribution in [0.5, 0.6) is 5.75 Å². The van der Waals surface area contributed by atoms with Gasteiger partial charge in [-0.2, -0.15) is 0 Å². The molecular weight excluding hydrogens is 336 g/mol. The van der Waals surface area contributed by atoms with Gasteiger partial charge < -0.3 is 15.4 Å². The Hall–Kier alpha value is -3.11. The molecule has 0 spiro atoms. The molecule has 0 bridgehead atoms. The normalized spacial score (nSPS) is 10.4. The summed E-state index contributed by atoms with van der Waals surface area (Å²) >= 11 is 0. The third-order valence-electron chi connectivity index (χ3n) is 4.08. The maximum Gasteiger partial charge on any atom is 0.238 e. The first-order valence-electron chi connectivity index (χ1n) is 9.11. The molecule has 0 radical (unpaired) electrons. The molecule has 0 fully saturated rings. The fourth-order valence-electron chi connectivity index (χ4n) is 2.72. The third kappa shape index (κ3) is 6.60. The van der Waals surface area contributed by atoms with Crippen molar-refractivity contribution in [2.75, 3.05) is 18.5 Å². The molecule has 27 heavy (non-hydrogen) atoms. The van der Waals surface area contributed by atoms with Gasteiger partial charge in [-0.15, -0.1) is 0 Å². The molecule has 0 unspecified atom stereocenters. The van der Waals surface area contributed by atoms with Gasteiger partial charge in [0.15, 0.2) is 0 Å². The minimum atomic E-state index is -0.0765. The lowest BCUT2D eigenvalue weighted by Gasteiger charge is -2.10. The van der Waals surface area contributed by atoms with Crippen LogP contribution >= 0.6 is 0 Å². The Morgan fingerprint density at radius 1 is 0.815 bits per heavy atom. The monoisotopic (exact) mass is 360 g/mol. The number of ether oxygens (including phenoxy) is 1. The molecule has 2 N–H and O–H groups in total. The molecule has 0 aliphatic carbocycles. The molecule has 0 aromatic heterocycles. The van der Waals surface area contributed by atoms with E-state index in [1.54, 1.807) is 0 Å². The van der Waals surface area contributed by atoms with E-state index in [4.69, 9.17) is 4.74 Å². The molecular formula is C23H24N2O2. The number of hydrogen-bond acceptors (Lipinski definition) is 3. The first-order valence-corrected chi connectivity index (χ1v) is 9.11. The average molecular weight is 360 g/mol. The van der Waals surface area contributed by atoms with Crippen molar-refractivity contribution in [1.82, 2.24) is 5.32 Å². The Morgan fingerprint density at radius 3 is 2.26 bits per heavy atom. The molecule has 0 aliphatic heterocycles. The van der Waals surface area contributed by atoms with Crippen molar-refractivity contribution >= 4 is 11.6 Å². The topological polar surface area (TPSA) is 50.4 Å². The Kier molecular flexibility index (Phi) is 7.01. The molecule has 1 amide bonds. The lowest BCUT2D eigenvalue weighted by molar-refractivity contribution is -0.115. The Morgan fingerprint density at radius 2 is 1.52 bits per heavy atom. The quantitative estimate of drug-likeness (QED) is 0.606. The van der Waals surface area contributed by atoms with Crippen LogP contribution in [0.2, 0.25) is 0 Å². The maximum absolute atomic E-state index is 12.1. The fourth-order valence-corrected chi connectivity index (χ4v) is 2.72. The summed E-state index contributed by atoms with van der Waals surface area (Å²) in [6.45, 7) is 1.52. The zero-order valence-electron chi connectivity index (χ0n) is 15.2. The Balaban J connectivity index is 1.42. The summed E-state index contributed by atoms with van der Waals surface area (Å²) in [6, 6.07) is 27.7. The molecule has 0 heterocycles. The van der Waals surface area contributed by atoms with Crippen molar-refractivity contribution in [2.45, 2.75) is 13.0 Å². The molecule has 0 saturated carbocycles. The van der Waals surface area contributed by atoms with E-state index in [9.17, 15) is 4.79 Å². The molecule has 0 saturated heterocycles. The van der Waals surface area contributed by atoms with E-state index in [-0.39, 0.29) is 12.5 Å². The zero-order chi connectivity index (χ0) is 18.7. The van der Waals surface area contributed by atoms with Crippen molar-refractivity contribution in [3.63, 3.8) is 0 Å². The Bertz CT molecular complexity index is 835. The van der Waals surface area contributed by atoms with Crippen LogP contribution < -0.4 is 15.4 Å². The number of carbonyl (C=O) groups is 1. The Labute approximate surface area is 160 Å². The van der Waals surface area contributed by atoms with Gasteiger partial charge >= 0.3 is 0 Å². The molecule has 3 aromatic rings. The van der Waals surface area contributed by atoms with Crippen LogP contribution in [0.3, 0.4) is 0 Å². The summed E-state index contributed by atoms with van der Waals surface area (Å²) in [6.07, 6.45) is 0.848. The summed E-state index contributed by atoms with van der Waals surface area (Å²) in [5.41, 5.74) is 3.13. The maximum atomic E-state index is 12.1. The number of anilines is 1. The second-order valence-electron chi connectivity index (χ2n) is 6.25. The van der Waals surface area contributed by atoms with Crippen LogP contribution in [-0.2, 0) is 17.8 Å². The van der Waals surface area contributed by atoms with Crippen LogP contribution in [-0.4, -0.2) is 19.1 Å². The predicted molar refractivity (Wildman–Crippen MR) is 109 cm³/mol. The van der Waals surface area contributed by atoms with E-state index in [1.165, 1.54) is 5.56 Å². The van der Waals surface area contributed by atoms with Gasteiger partial charge in [0.1, 0.15) is 5.75 Å². The molecule has 3 rings (SSSR count). The van der Waals surface area contributed by atoms with Crippen molar-refractivity contribution in [1.29, 1.82) is 0 Å². The number of nitrogens with one attached hydrogen (secondary N) is 2. The first-order chi connectivity index (χ1) is 13.3. The number of rotatable bonds is 9. The van der Waals surface area contributed by atoms with Crippen molar-refractivity contribution in [2.24, 2.45) is 0 Å². The van der Waals surface area contributed by atoms with Gasteiger partial charge in [0.25, 0.3) is 0 Å². The first kappa shape index (κ1) is 18.7. The molecule has 0 aliphatic rings. The number of benzene rings is 3. The minimum absolute atomic E-state index is 0.0765. The van der Waals surface area contributed by atoms with Gasteiger partial charge in [0.2, 0.25) is 5.91 Å². The summed E-state index contributed by atoms with van der Waals surface area (Å²) in [7, 11) is 0. The van der Waals surface area contributed by atoms with E-state index in [1.807, 2.05) is 72.8 Å². The fraction of sp³-hybridized carbons (Fsp3) is 0.174. The summed E-state index contributed by atoms with van der Waals surface area (Å²) < 4.78 is 5.80. The standard InChI is InChI=1S/C23H24N2O2/c26-23(18-24-17-20-10-5-2-6-11-20)25-21-12-7-13-22(16-21)27-15-14-19-8-3-1-4-9-19/h1-13,16,24H,14-15,17-18H2,(H,25,26). The molecule has 4 nitrogen and oxygen atoms in total. The molecule has 3 aromatic carbocycles. The number of amides is 1. The second kappa shape index (κ2) is 10.1. The van der Waals surface area contributed by atoms with Gasteiger partial charge in [0.05, 0.1) is 13.2 Å².